The smallest absolute Gasteiger partial charge is 0.222 e. The van der Waals surface area contributed by atoms with Crippen molar-refractivity contribution < 1.29 is 4.79 Å². The summed E-state index contributed by atoms with van der Waals surface area (Å²) in [5.41, 5.74) is 5.64. The lowest BCUT2D eigenvalue weighted by Gasteiger charge is -2.20. The second-order valence-electron chi connectivity index (χ2n) is 5.35. The number of likely N-dealkylation sites (tertiary alicyclic amines) is 1. The topological polar surface area (TPSA) is 46.3 Å². The van der Waals surface area contributed by atoms with Crippen molar-refractivity contribution in [1.29, 1.82) is 0 Å². The summed E-state index contributed by atoms with van der Waals surface area (Å²) in [6, 6.07) is 0. The first-order valence-corrected chi connectivity index (χ1v) is 6.56. The molecule has 1 heterocycles. The zero-order valence-electron chi connectivity index (χ0n) is 10.9. The first-order chi connectivity index (χ1) is 7.58. The molecule has 0 aromatic rings. The number of hydrogen-bond donors (Lipinski definition) is 1. The third-order valence-electron chi connectivity index (χ3n) is 3.89. The molecule has 3 nitrogen and oxygen atoms in total. The molecular formula is C13H26N2O. The summed E-state index contributed by atoms with van der Waals surface area (Å²) in [4.78, 5) is 14.0. The number of carbonyl (C=O) groups excluding carboxylic acids is 1. The maximum atomic E-state index is 12.0. The van der Waals surface area contributed by atoms with Crippen LogP contribution < -0.4 is 5.73 Å². The van der Waals surface area contributed by atoms with Crippen LogP contribution in [0.3, 0.4) is 0 Å². The van der Waals surface area contributed by atoms with Gasteiger partial charge in [-0.05, 0) is 30.7 Å². The van der Waals surface area contributed by atoms with E-state index >= 15 is 0 Å². The average molecular weight is 226 g/mol. The van der Waals surface area contributed by atoms with Crippen molar-refractivity contribution in [2.75, 3.05) is 19.6 Å². The van der Waals surface area contributed by atoms with Crippen molar-refractivity contribution in [3.63, 3.8) is 0 Å². The Morgan fingerprint density at radius 2 is 2.19 bits per heavy atom. The van der Waals surface area contributed by atoms with E-state index in [-0.39, 0.29) is 0 Å². The van der Waals surface area contributed by atoms with E-state index in [4.69, 9.17) is 5.73 Å². The van der Waals surface area contributed by atoms with E-state index in [1.165, 1.54) is 6.42 Å². The average Bonchev–Trinajstić information content (AvgIpc) is 2.74. The molecule has 0 aromatic heterocycles. The summed E-state index contributed by atoms with van der Waals surface area (Å²) in [7, 11) is 0. The Morgan fingerprint density at radius 1 is 1.50 bits per heavy atom. The standard InChI is InChI=1S/C13H26N2O/c1-4-11(8-14)7-13(16)15-6-5-12(9-15)10(2)3/h10-12H,4-9,14H2,1-3H3. The van der Waals surface area contributed by atoms with E-state index in [9.17, 15) is 4.79 Å². The maximum Gasteiger partial charge on any atom is 0.222 e. The first-order valence-electron chi connectivity index (χ1n) is 6.56. The van der Waals surface area contributed by atoms with Gasteiger partial charge in [-0.1, -0.05) is 27.2 Å². The third-order valence-corrected chi connectivity index (χ3v) is 3.89. The summed E-state index contributed by atoms with van der Waals surface area (Å²) in [5, 5.41) is 0. The zero-order valence-corrected chi connectivity index (χ0v) is 10.9. The summed E-state index contributed by atoms with van der Waals surface area (Å²) in [6.45, 7) is 9.12. The monoisotopic (exact) mass is 226 g/mol. The lowest BCUT2D eigenvalue weighted by molar-refractivity contribution is -0.131. The Bertz CT molecular complexity index is 224. The van der Waals surface area contributed by atoms with Crippen LogP contribution in [0.15, 0.2) is 0 Å². The Kier molecular flexibility index (Phi) is 5.26. The van der Waals surface area contributed by atoms with Crippen molar-refractivity contribution in [3.8, 4) is 0 Å². The van der Waals surface area contributed by atoms with Crippen LogP contribution in [0.5, 0.6) is 0 Å². The molecule has 1 aliphatic heterocycles. The predicted molar refractivity (Wildman–Crippen MR) is 67.0 cm³/mol. The summed E-state index contributed by atoms with van der Waals surface area (Å²) < 4.78 is 0. The van der Waals surface area contributed by atoms with E-state index in [0.29, 0.717) is 36.6 Å². The van der Waals surface area contributed by atoms with E-state index in [2.05, 4.69) is 20.8 Å². The van der Waals surface area contributed by atoms with Gasteiger partial charge in [-0.2, -0.15) is 0 Å². The Hall–Kier alpha value is -0.570. The number of nitrogens with two attached hydrogens (primary N) is 1. The fourth-order valence-electron chi connectivity index (χ4n) is 2.33. The van der Waals surface area contributed by atoms with Gasteiger partial charge in [0.2, 0.25) is 5.91 Å². The van der Waals surface area contributed by atoms with Gasteiger partial charge in [0, 0.05) is 19.5 Å². The largest absolute Gasteiger partial charge is 0.342 e. The minimum Gasteiger partial charge on any atom is -0.342 e. The molecule has 16 heavy (non-hydrogen) atoms. The van der Waals surface area contributed by atoms with Gasteiger partial charge < -0.3 is 10.6 Å². The molecule has 0 spiro atoms. The van der Waals surface area contributed by atoms with Crippen molar-refractivity contribution >= 4 is 5.91 Å². The lowest BCUT2D eigenvalue weighted by Crippen LogP contribution is -2.32. The molecule has 0 radical (unpaired) electrons. The van der Waals surface area contributed by atoms with Crippen molar-refractivity contribution in [3.05, 3.63) is 0 Å². The van der Waals surface area contributed by atoms with Gasteiger partial charge >= 0.3 is 0 Å². The minimum atomic E-state index is 0.306. The van der Waals surface area contributed by atoms with Gasteiger partial charge in [0.05, 0.1) is 0 Å². The van der Waals surface area contributed by atoms with Crippen LogP contribution in [-0.2, 0) is 4.79 Å². The molecule has 0 saturated carbocycles. The van der Waals surface area contributed by atoms with E-state index in [1.807, 2.05) is 4.90 Å². The van der Waals surface area contributed by atoms with E-state index in [0.717, 1.165) is 19.5 Å². The Balaban J connectivity index is 2.39. The summed E-state index contributed by atoms with van der Waals surface area (Å²) >= 11 is 0. The first kappa shape index (κ1) is 13.5. The van der Waals surface area contributed by atoms with Gasteiger partial charge in [0.15, 0.2) is 0 Å². The van der Waals surface area contributed by atoms with Crippen LogP contribution in [0.1, 0.15) is 40.0 Å². The highest BCUT2D eigenvalue weighted by molar-refractivity contribution is 5.76. The second kappa shape index (κ2) is 6.24. The fourth-order valence-corrected chi connectivity index (χ4v) is 2.33. The van der Waals surface area contributed by atoms with E-state index in [1.54, 1.807) is 0 Å². The molecular weight excluding hydrogens is 200 g/mol. The molecule has 3 heteroatoms. The fraction of sp³-hybridized carbons (Fsp3) is 0.923. The van der Waals surface area contributed by atoms with Gasteiger partial charge in [-0.25, -0.2) is 0 Å². The molecule has 2 unspecified atom stereocenters. The van der Waals surface area contributed by atoms with Crippen molar-refractivity contribution in [1.82, 2.24) is 4.90 Å². The predicted octanol–water partition coefficient (Wildman–Crippen LogP) is 1.87. The Labute approximate surface area is 99.4 Å². The van der Waals surface area contributed by atoms with Crippen LogP contribution >= 0.6 is 0 Å². The van der Waals surface area contributed by atoms with Gasteiger partial charge in [0.25, 0.3) is 0 Å². The number of carbonyl (C=O) groups is 1. The van der Waals surface area contributed by atoms with Crippen LogP contribution in [0.4, 0.5) is 0 Å². The maximum absolute atomic E-state index is 12.0. The number of amides is 1. The van der Waals surface area contributed by atoms with Crippen LogP contribution in [0, 0.1) is 17.8 Å². The van der Waals surface area contributed by atoms with Crippen LogP contribution in [-0.4, -0.2) is 30.4 Å². The minimum absolute atomic E-state index is 0.306. The Morgan fingerprint density at radius 3 is 2.62 bits per heavy atom. The molecule has 0 aromatic carbocycles. The van der Waals surface area contributed by atoms with Gasteiger partial charge in [-0.15, -0.1) is 0 Å². The lowest BCUT2D eigenvalue weighted by atomic mass is 9.95. The molecule has 0 bridgehead atoms. The molecule has 1 fully saturated rings. The molecule has 1 rings (SSSR count). The second-order valence-corrected chi connectivity index (χ2v) is 5.35. The summed E-state index contributed by atoms with van der Waals surface area (Å²) in [6.07, 6.45) is 2.81. The van der Waals surface area contributed by atoms with Crippen molar-refractivity contribution in [2.24, 2.45) is 23.5 Å². The van der Waals surface area contributed by atoms with Crippen LogP contribution in [0.2, 0.25) is 0 Å². The van der Waals surface area contributed by atoms with Gasteiger partial charge in [-0.3, -0.25) is 4.79 Å². The molecule has 0 aliphatic carbocycles. The zero-order chi connectivity index (χ0) is 12.1. The molecule has 1 amide bonds. The number of hydrogen-bond acceptors (Lipinski definition) is 2. The molecule has 1 saturated heterocycles. The van der Waals surface area contributed by atoms with Crippen molar-refractivity contribution in [2.45, 2.75) is 40.0 Å². The normalized spacial score (nSPS) is 22.8. The molecule has 2 atom stereocenters. The van der Waals surface area contributed by atoms with Crippen LogP contribution in [0.25, 0.3) is 0 Å². The highest BCUT2D eigenvalue weighted by Gasteiger charge is 2.28. The van der Waals surface area contributed by atoms with E-state index < -0.39 is 0 Å². The third kappa shape index (κ3) is 3.48. The molecule has 94 valence electrons. The quantitative estimate of drug-likeness (QED) is 0.778. The highest BCUT2D eigenvalue weighted by Crippen LogP contribution is 2.24. The highest BCUT2D eigenvalue weighted by atomic mass is 16.2. The number of rotatable bonds is 5. The SMILES string of the molecule is CCC(CN)CC(=O)N1CCC(C(C)C)C1. The number of nitrogens with zero attached hydrogens (tertiary/aromatic N) is 1. The van der Waals surface area contributed by atoms with Gasteiger partial charge in [0.1, 0.15) is 0 Å². The molecule has 2 N–H and O–H groups in total. The summed E-state index contributed by atoms with van der Waals surface area (Å²) in [5.74, 6) is 2.06. The molecule has 1 aliphatic rings.